The molecule has 3 aliphatic rings. The highest BCUT2D eigenvalue weighted by Crippen LogP contribution is 2.43. The molecule has 2 aliphatic heterocycles. The van der Waals surface area contributed by atoms with Crippen LogP contribution in [0.5, 0.6) is 0 Å². The molecule has 6 heteroatoms. The molecular formula is C11H20ClNO3S. The standard InChI is InChI=1S/C11H20NO3S.ClH/c13-10-2-1-9-3-4-12(11(9)10)5-7-16(14,15)8-6-12;/h9-11,13H,1-8H2;1H/q+1;/p-1/t9-,10+,11+;/m0./s1. The maximum absolute atomic E-state index is 11.5. The predicted octanol–water partition coefficient (Wildman–Crippen LogP) is -3.22. The summed E-state index contributed by atoms with van der Waals surface area (Å²) in [5.74, 6) is 1.29. The predicted molar refractivity (Wildman–Crippen MR) is 60.7 cm³/mol. The molecule has 0 aromatic carbocycles. The Balaban J connectivity index is 0.00000108. The molecule has 3 fully saturated rings. The molecule has 1 aliphatic carbocycles. The first kappa shape index (κ1) is 13.6. The third-order valence-corrected chi connectivity index (χ3v) is 6.59. The Morgan fingerprint density at radius 1 is 1.00 bits per heavy atom. The van der Waals surface area contributed by atoms with Crippen LogP contribution in [0, 0.1) is 5.92 Å². The number of aliphatic hydroxyl groups excluding tert-OH is 1. The van der Waals surface area contributed by atoms with E-state index in [2.05, 4.69) is 0 Å². The molecule has 2 heterocycles. The van der Waals surface area contributed by atoms with Crippen molar-refractivity contribution in [3.63, 3.8) is 0 Å². The third-order valence-electron chi connectivity index (χ3n) is 4.98. The normalized spacial score (nSPS) is 42.1. The summed E-state index contributed by atoms with van der Waals surface area (Å²) in [4.78, 5) is 0. The molecule has 0 unspecified atom stereocenters. The Labute approximate surface area is 109 Å². The fourth-order valence-corrected chi connectivity index (χ4v) is 5.60. The van der Waals surface area contributed by atoms with E-state index in [0.717, 1.165) is 37.0 Å². The van der Waals surface area contributed by atoms with Crippen molar-refractivity contribution >= 4 is 9.84 Å². The lowest BCUT2D eigenvalue weighted by Crippen LogP contribution is -3.00. The Bertz CT molecular complexity index is 384. The van der Waals surface area contributed by atoms with Crippen molar-refractivity contribution < 1.29 is 30.4 Å². The minimum Gasteiger partial charge on any atom is -1.00 e. The molecule has 0 bridgehead atoms. The minimum absolute atomic E-state index is 0. The zero-order valence-corrected chi connectivity index (χ0v) is 11.5. The van der Waals surface area contributed by atoms with Gasteiger partial charge in [-0.15, -0.1) is 0 Å². The fourth-order valence-electron chi connectivity index (χ4n) is 4.12. The number of sulfone groups is 1. The lowest BCUT2D eigenvalue weighted by molar-refractivity contribution is -0.940. The van der Waals surface area contributed by atoms with E-state index in [1.165, 1.54) is 6.42 Å². The topological polar surface area (TPSA) is 54.4 Å². The van der Waals surface area contributed by atoms with Crippen LogP contribution in [0.1, 0.15) is 19.3 Å². The van der Waals surface area contributed by atoms with Gasteiger partial charge in [-0.2, -0.15) is 0 Å². The molecule has 1 saturated carbocycles. The second kappa shape index (κ2) is 4.37. The van der Waals surface area contributed by atoms with Gasteiger partial charge in [0.25, 0.3) is 0 Å². The number of fused-ring (bicyclic) bond motifs is 2. The van der Waals surface area contributed by atoms with E-state index in [4.69, 9.17) is 0 Å². The van der Waals surface area contributed by atoms with Crippen molar-refractivity contribution in [2.24, 2.45) is 5.92 Å². The van der Waals surface area contributed by atoms with Crippen molar-refractivity contribution in [1.82, 2.24) is 0 Å². The maximum Gasteiger partial charge on any atom is 0.161 e. The molecule has 17 heavy (non-hydrogen) atoms. The van der Waals surface area contributed by atoms with Crippen molar-refractivity contribution in [2.45, 2.75) is 31.4 Å². The zero-order valence-electron chi connectivity index (χ0n) is 9.89. The largest absolute Gasteiger partial charge is 1.00 e. The van der Waals surface area contributed by atoms with Gasteiger partial charge < -0.3 is 22.0 Å². The van der Waals surface area contributed by atoms with Gasteiger partial charge in [0.2, 0.25) is 0 Å². The fraction of sp³-hybridized carbons (Fsp3) is 1.00. The number of nitrogens with zero attached hydrogens (tertiary/aromatic N) is 1. The van der Waals surface area contributed by atoms with Crippen LogP contribution in [-0.2, 0) is 9.84 Å². The van der Waals surface area contributed by atoms with Gasteiger partial charge in [0.15, 0.2) is 9.84 Å². The van der Waals surface area contributed by atoms with Crippen molar-refractivity contribution in [1.29, 1.82) is 0 Å². The number of quaternary nitrogens is 1. The highest BCUT2D eigenvalue weighted by Gasteiger charge is 2.56. The van der Waals surface area contributed by atoms with Crippen LogP contribution < -0.4 is 12.4 Å². The van der Waals surface area contributed by atoms with Gasteiger partial charge in [-0.1, -0.05) is 0 Å². The van der Waals surface area contributed by atoms with Gasteiger partial charge in [-0.3, -0.25) is 0 Å². The van der Waals surface area contributed by atoms with Crippen LogP contribution in [0.25, 0.3) is 0 Å². The summed E-state index contributed by atoms with van der Waals surface area (Å²) in [5, 5.41) is 10.1. The van der Waals surface area contributed by atoms with E-state index in [9.17, 15) is 13.5 Å². The van der Waals surface area contributed by atoms with E-state index >= 15 is 0 Å². The summed E-state index contributed by atoms with van der Waals surface area (Å²) in [7, 11) is -2.79. The molecule has 3 rings (SSSR count). The van der Waals surface area contributed by atoms with E-state index in [1.807, 2.05) is 0 Å². The van der Waals surface area contributed by atoms with Crippen LogP contribution in [0.2, 0.25) is 0 Å². The van der Waals surface area contributed by atoms with Crippen molar-refractivity contribution in [3.05, 3.63) is 0 Å². The zero-order chi connectivity index (χ0) is 11.4. The van der Waals surface area contributed by atoms with Crippen molar-refractivity contribution in [3.8, 4) is 0 Å². The third kappa shape index (κ3) is 2.11. The number of aliphatic hydroxyl groups is 1. The molecule has 0 amide bonds. The molecule has 0 aromatic rings. The molecule has 4 nitrogen and oxygen atoms in total. The molecule has 0 radical (unpaired) electrons. The van der Waals surface area contributed by atoms with Gasteiger partial charge in [0.05, 0.1) is 31.1 Å². The molecule has 3 atom stereocenters. The highest BCUT2D eigenvalue weighted by molar-refractivity contribution is 7.91. The van der Waals surface area contributed by atoms with Crippen LogP contribution in [-0.4, -0.2) is 61.3 Å². The van der Waals surface area contributed by atoms with Crippen molar-refractivity contribution in [2.75, 3.05) is 31.1 Å². The summed E-state index contributed by atoms with van der Waals surface area (Å²) >= 11 is 0. The van der Waals surface area contributed by atoms with Gasteiger partial charge >= 0.3 is 0 Å². The van der Waals surface area contributed by atoms with Gasteiger partial charge in [-0.25, -0.2) is 8.42 Å². The first-order chi connectivity index (χ1) is 7.53. The summed E-state index contributed by atoms with van der Waals surface area (Å²) in [6, 6.07) is 0.343. The molecule has 1 spiro atoms. The quantitative estimate of drug-likeness (QED) is 0.476. The van der Waals surface area contributed by atoms with Gasteiger partial charge in [-0.05, 0) is 12.8 Å². The van der Waals surface area contributed by atoms with Crippen LogP contribution in [0.3, 0.4) is 0 Å². The SMILES string of the molecule is O=S1(=O)CC[N+]2(CC[C@@H]3CC[C@@H](O)[C@@H]32)CC1.[Cl-]. The van der Waals surface area contributed by atoms with E-state index < -0.39 is 9.84 Å². The second-order valence-corrected chi connectivity index (χ2v) is 8.03. The van der Waals surface area contributed by atoms with Crippen LogP contribution in [0.15, 0.2) is 0 Å². The minimum atomic E-state index is -2.79. The molecule has 2 saturated heterocycles. The molecule has 1 N–H and O–H groups in total. The summed E-state index contributed by atoms with van der Waals surface area (Å²) in [6.45, 7) is 2.56. The van der Waals surface area contributed by atoms with Crippen LogP contribution >= 0.6 is 0 Å². The average molecular weight is 282 g/mol. The van der Waals surface area contributed by atoms with Crippen LogP contribution in [0.4, 0.5) is 0 Å². The molecule has 100 valence electrons. The first-order valence-corrected chi connectivity index (χ1v) is 8.09. The first-order valence-electron chi connectivity index (χ1n) is 6.27. The number of rotatable bonds is 0. The summed E-state index contributed by atoms with van der Waals surface area (Å²) < 4.78 is 23.9. The average Bonchev–Trinajstić information content (AvgIpc) is 2.76. The molecular weight excluding hydrogens is 262 g/mol. The summed E-state index contributed by atoms with van der Waals surface area (Å²) in [5.41, 5.74) is 0. The number of halogens is 1. The Kier molecular flexibility index (Phi) is 3.49. The monoisotopic (exact) mass is 281 g/mol. The Hall–Kier alpha value is 0.160. The van der Waals surface area contributed by atoms with E-state index in [0.29, 0.717) is 23.5 Å². The van der Waals surface area contributed by atoms with E-state index in [-0.39, 0.29) is 18.5 Å². The molecule has 0 aromatic heterocycles. The number of hydrogen-bond acceptors (Lipinski definition) is 3. The van der Waals surface area contributed by atoms with Gasteiger partial charge in [0.1, 0.15) is 12.1 Å². The van der Waals surface area contributed by atoms with E-state index in [1.54, 1.807) is 0 Å². The summed E-state index contributed by atoms with van der Waals surface area (Å²) in [6.07, 6.45) is 3.05. The second-order valence-electron chi connectivity index (χ2n) is 5.73. The maximum atomic E-state index is 11.5. The Morgan fingerprint density at radius 3 is 2.29 bits per heavy atom. The smallest absolute Gasteiger partial charge is 0.161 e. The lowest BCUT2D eigenvalue weighted by atomic mass is 10.0. The van der Waals surface area contributed by atoms with Gasteiger partial charge in [0, 0.05) is 12.3 Å². The Morgan fingerprint density at radius 2 is 1.65 bits per heavy atom. The highest BCUT2D eigenvalue weighted by atomic mass is 35.5. The lowest BCUT2D eigenvalue weighted by Gasteiger charge is -2.43. The number of hydrogen-bond donors (Lipinski definition) is 1.